The van der Waals surface area contributed by atoms with E-state index < -0.39 is 0 Å². The molecule has 0 aliphatic carbocycles. The van der Waals surface area contributed by atoms with Crippen molar-refractivity contribution in [3.05, 3.63) is 41.0 Å². The molecule has 0 aliphatic rings. The van der Waals surface area contributed by atoms with Crippen LogP contribution < -0.4 is 0 Å². The average Bonchev–Trinajstić information content (AvgIpc) is 2.41. The molecule has 0 amide bonds. The van der Waals surface area contributed by atoms with E-state index in [1.54, 1.807) is 0 Å². The number of fused-ring (bicyclic) bond motifs is 1. The highest BCUT2D eigenvalue weighted by Crippen LogP contribution is 2.43. The molecule has 2 aromatic rings. The van der Waals surface area contributed by atoms with Gasteiger partial charge in [-0.25, -0.2) is 0 Å². The fourth-order valence-electron chi connectivity index (χ4n) is 3.52. The summed E-state index contributed by atoms with van der Waals surface area (Å²) < 4.78 is 0. The van der Waals surface area contributed by atoms with Crippen molar-refractivity contribution in [1.82, 2.24) is 0 Å². The molecule has 0 aliphatic heterocycles. The lowest BCUT2D eigenvalue weighted by atomic mass is 9.77. The minimum atomic E-state index is -0.0632. The van der Waals surface area contributed by atoms with Crippen LogP contribution in [-0.2, 0) is 17.3 Å². The minimum absolute atomic E-state index is 0.0110. The molecule has 0 heterocycles. The molecule has 0 aromatic heterocycles. The van der Waals surface area contributed by atoms with E-state index in [4.69, 9.17) is 0 Å². The minimum Gasteiger partial charge on any atom is -0.507 e. The number of aromatic hydroxyl groups is 1. The van der Waals surface area contributed by atoms with Gasteiger partial charge < -0.3 is 5.11 Å². The van der Waals surface area contributed by atoms with Crippen LogP contribution in [0.5, 0.6) is 5.75 Å². The van der Waals surface area contributed by atoms with Gasteiger partial charge >= 0.3 is 0 Å². The second-order valence-electron chi connectivity index (χ2n) is 8.77. The van der Waals surface area contributed by atoms with Crippen LogP contribution >= 0.6 is 0 Å². The van der Waals surface area contributed by atoms with Gasteiger partial charge in [0.15, 0.2) is 0 Å². The van der Waals surface area contributed by atoms with Gasteiger partial charge in [0, 0.05) is 10.9 Å². The molecule has 2 rings (SSSR count). The van der Waals surface area contributed by atoms with Crippen LogP contribution in [0.4, 0.5) is 0 Å². The first-order valence-corrected chi connectivity index (χ1v) is 8.86. The van der Waals surface area contributed by atoms with Crippen molar-refractivity contribution in [2.24, 2.45) is 0 Å². The van der Waals surface area contributed by atoms with Crippen LogP contribution in [0.15, 0.2) is 24.3 Å². The number of aryl methyl sites for hydroxylation is 1. The van der Waals surface area contributed by atoms with Gasteiger partial charge in [-0.15, -0.1) is 0 Å². The molecule has 0 radical (unpaired) electrons. The standard InChI is InChI=1S/C22H32O/c1-8-9-11-16-14-15-12-10-13-17(21(2,3)4)18(15)20(23)19(16)22(5,6)7/h10,12-14,23H,8-9,11H2,1-7H3. The topological polar surface area (TPSA) is 20.2 Å². The van der Waals surface area contributed by atoms with Crippen molar-refractivity contribution in [2.75, 3.05) is 0 Å². The Morgan fingerprint density at radius 2 is 1.61 bits per heavy atom. The molecule has 0 bridgehead atoms. The van der Waals surface area contributed by atoms with Crippen molar-refractivity contribution >= 4 is 10.8 Å². The fourth-order valence-corrected chi connectivity index (χ4v) is 3.52. The zero-order chi connectivity index (χ0) is 17.4. The Kier molecular flexibility index (Phi) is 4.80. The molecular weight excluding hydrogens is 280 g/mol. The third kappa shape index (κ3) is 3.54. The molecule has 1 heteroatoms. The summed E-state index contributed by atoms with van der Waals surface area (Å²) in [5.41, 5.74) is 3.59. The lowest BCUT2D eigenvalue weighted by molar-refractivity contribution is 0.448. The van der Waals surface area contributed by atoms with Crippen LogP contribution in [0.1, 0.15) is 78.0 Å². The van der Waals surface area contributed by atoms with Gasteiger partial charge in [-0.2, -0.15) is 0 Å². The van der Waals surface area contributed by atoms with Crippen molar-refractivity contribution in [1.29, 1.82) is 0 Å². The molecule has 2 aromatic carbocycles. The molecule has 126 valence electrons. The summed E-state index contributed by atoms with van der Waals surface area (Å²) in [5.74, 6) is 0.492. The number of hydrogen-bond donors (Lipinski definition) is 1. The normalized spacial score (nSPS) is 12.8. The predicted octanol–water partition coefficient (Wildman–Crippen LogP) is 6.48. The Hall–Kier alpha value is -1.50. The zero-order valence-corrected chi connectivity index (χ0v) is 15.9. The van der Waals surface area contributed by atoms with E-state index in [0.29, 0.717) is 5.75 Å². The van der Waals surface area contributed by atoms with Crippen molar-refractivity contribution in [2.45, 2.75) is 78.6 Å². The monoisotopic (exact) mass is 312 g/mol. The van der Waals surface area contributed by atoms with Crippen LogP contribution in [0.25, 0.3) is 10.8 Å². The number of unbranched alkanes of at least 4 members (excludes halogenated alkanes) is 1. The highest BCUT2D eigenvalue weighted by molar-refractivity contribution is 5.94. The Bertz CT molecular complexity index is 696. The molecule has 1 nitrogen and oxygen atoms in total. The Morgan fingerprint density at radius 1 is 0.957 bits per heavy atom. The maximum Gasteiger partial charge on any atom is 0.127 e. The molecule has 1 N–H and O–H groups in total. The van der Waals surface area contributed by atoms with Crippen LogP contribution in [0, 0.1) is 0 Å². The summed E-state index contributed by atoms with van der Waals surface area (Å²) >= 11 is 0. The quantitative estimate of drug-likeness (QED) is 0.687. The Morgan fingerprint density at radius 3 is 2.13 bits per heavy atom. The third-order valence-electron chi connectivity index (χ3n) is 4.58. The first-order valence-electron chi connectivity index (χ1n) is 8.86. The molecule has 0 fully saturated rings. The summed E-state index contributed by atoms with van der Waals surface area (Å²) in [6.07, 6.45) is 3.36. The first-order chi connectivity index (χ1) is 10.6. The number of phenols is 1. The van der Waals surface area contributed by atoms with Gasteiger partial charge in [-0.3, -0.25) is 0 Å². The number of benzene rings is 2. The van der Waals surface area contributed by atoms with E-state index in [1.807, 2.05) is 0 Å². The van der Waals surface area contributed by atoms with Gasteiger partial charge in [0.25, 0.3) is 0 Å². The van der Waals surface area contributed by atoms with Gasteiger partial charge in [0.1, 0.15) is 5.75 Å². The summed E-state index contributed by atoms with van der Waals surface area (Å²) in [4.78, 5) is 0. The molecule has 0 unspecified atom stereocenters. The fraction of sp³-hybridized carbons (Fsp3) is 0.545. The second-order valence-corrected chi connectivity index (χ2v) is 8.77. The number of phenolic OH excluding ortho intramolecular Hbond substituents is 1. The van der Waals surface area contributed by atoms with E-state index in [1.165, 1.54) is 17.5 Å². The molecule has 23 heavy (non-hydrogen) atoms. The predicted molar refractivity (Wildman–Crippen MR) is 102 cm³/mol. The van der Waals surface area contributed by atoms with Gasteiger partial charge in [0.2, 0.25) is 0 Å². The summed E-state index contributed by atoms with van der Waals surface area (Å²) in [6, 6.07) is 8.70. The lowest BCUT2D eigenvalue weighted by Crippen LogP contribution is -2.17. The van der Waals surface area contributed by atoms with Crippen LogP contribution in [0.2, 0.25) is 0 Å². The van der Waals surface area contributed by atoms with Crippen molar-refractivity contribution in [3.63, 3.8) is 0 Å². The van der Waals surface area contributed by atoms with Gasteiger partial charge in [-0.05, 0) is 40.2 Å². The van der Waals surface area contributed by atoms with E-state index in [0.717, 1.165) is 29.2 Å². The smallest absolute Gasteiger partial charge is 0.127 e. The summed E-state index contributed by atoms with van der Waals surface area (Å²) in [7, 11) is 0. The molecule has 0 atom stereocenters. The highest BCUT2D eigenvalue weighted by Gasteiger charge is 2.27. The summed E-state index contributed by atoms with van der Waals surface area (Å²) in [5, 5.41) is 13.4. The SMILES string of the molecule is CCCCc1cc2cccc(C(C)(C)C)c2c(O)c1C(C)(C)C. The second kappa shape index (κ2) is 6.19. The van der Waals surface area contributed by atoms with Crippen LogP contribution in [0.3, 0.4) is 0 Å². The lowest BCUT2D eigenvalue weighted by Gasteiger charge is -2.28. The van der Waals surface area contributed by atoms with Crippen LogP contribution in [-0.4, -0.2) is 5.11 Å². The Balaban J connectivity index is 2.86. The molecule has 0 spiro atoms. The maximum atomic E-state index is 11.2. The van der Waals surface area contributed by atoms with Gasteiger partial charge in [-0.1, -0.05) is 79.2 Å². The molecule has 0 saturated heterocycles. The molecule has 0 saturated carbocycles. The third-order valence-corrected chi connectivity index (χ3v) is 4.58. The number of hydrogen-bond acceptors (Lipinski definition) is 1. The van der Waals surface area contributed by atoms with E-state index in [2.05, 4.69) is 72.7 Å². The first kappa shape index (κ1) is 17.8. The Labute approximate surface area is 141 Å². The van der Waals surface area contributed by atoms with Crippen molar-refractivity contribution in [3.8, 4) is 5.75 Å². The van der Waals surface area contributed by atoms with E-state index in [9.17, 15) is 5.11 Å². The number of rotatable bonds is 3. The zero-order valence-electron chi connectivity index (χ0n) is 15.9. The van der Waals surface area contributed by atoms with Gasteiger partial charge in [0.05, 0.1) is 0 Å². The van der Waals surface area contributed by atoms with E-state index in [-0.39, 0.29) is 10.8 Å². The summed E-state index contributed by atoms with van der Waals surface area (Å²) in [6.45, 7) is 15.4. The maximum absolute atomic E-state index is 11.2. The average molecular weight is 312 g/mol. The van der Waals surface area contributed by atoms with Crippen molar-refractivity contribution < 1.29 is 5.11 Å². The van der Waals surface area contributed by atoms with E-state index >= 15 is 0 Å². The highest BCUT2D eigenvalue weighted by atomic mass is 16.3. The largest absolute Gasteiger partial charge is 0.507 e. The molecular formula is C22H32O.